The van der Waals surface area contributed by atoms with Crippen molar-refractivity contribution in [2.45, 2.75) is 6.92 Å². The molecule has 0 aliphatic carbocycles. The summed E-state index contributed by atoms with van der Waals surface area (Å²) in [6.45, 7) is 1.85. The number of nitrogens with one attached hydrogen (secondary N) is 1. The van der Waals surface area contributed by atoms with Gasteiger partial charge in [0, 0.05) is 17.8 Å². The van der Waals surface area contributed by atoms with Gasteiger partial charge in [-0.15, -0.1) is 11.3 Å². The van der Waals surface area contributed by atoms with Crippen LogP contribution in [0.15, 0.2) is 35.7 Å². The summed E-state index contributed by atoms with van der Waals surface area (Å²) in [5, 5.41) is 15.1. The molecule has 1 aromatic heterocycles. The Morgan fingerprint density at radius 2 is 2.17 bits per heavy atom. The third kappa shape index (κ3) is 2.54. The second-order valence-corrected chi connectivity index (χ2v) is 4.61. The number of hydrogen-bond acceptors (Lipinski definition) is 4. The molecular weight excluding hydrogens is 252 g/mol. The molecule has 18 heavy (non-hydrogen) atoms. The van der Waals surface area contributed by atoms with E-state index >= 15 is 0 Å². The van der Waals surface area contributed by atoms with E-state index in [1.807, 2.05) is 18.4 Å². The Morgan fingerprint density at radius 1 is 1.39 bits per heavy atom. The highest BCUT2D eigenvalue weighted by Gasteiger charge is 2.12. The number of non-ortho nitro benzene ring substituents is 1. The Morgan fingerprint density at radius 3 is 2.78 bits per heavy atom. The Bertz CT molecular complexity index is 607. The molecule has 2 rings (SSSR count). The highest BCUT2D eigenvalue weighted by atomic mass is 32.1. The van der Waals surface area contributed by atoms with Crippen molar-refractivity contribution in [3.8, 4) is 0 Å². The van der Waals surface area contributed by atoms with Crippen LogP contribution >= 0.6 is 11.3 Å². The second kappa shape index (κ2) is 4.97. The van der Waals surface area contributed by atoms with Crippen LogP contribution in [-0.4, -0.2) is 10.8 Å². The maximum absolute atomic E-state index is 11.9. The average Bonchev–Trinajstić information content (AvgIpc) is 2.76. The van der Waals surface area contributed by atoms with Gasteiger partial charge in [-0.3, -0.25) is 14.9 Å². The number of rotatable bonds is 3. The number of carbonyl (C=O) groups excluding carboxylic acids is 1. The molecule has 0 radical (unpaired) electrons. The molecule has 92 valence electrons. The Hall–Kier alpha value is -2.21. The van der Waals surface area contributed by atoms with Crippen LogP contribution < -0.4 is 5.32 Å². The Kier molecular flexibility index (Phi) is 3.38. The van der Waals surface area contributed by atoms with E-state index in [4.69, 9.17) is 0 Å². The minimum absolute atomic E-state index is 0.0456. The van der Waals surface area contributed by atoms with E-state index in [1.165, 1.54) is 29.5 Å². The molecule has 1 heterocycles. The number of amides is 1. The van der Waals surface area contributed by atoms with Gasteiger partial charge in [0.15, 0.2) is 0 Å². The highest BCUT2D eigenvalue weighted by molar-refractivity contribution is 7.12. The molecule has 0 saturated carbocycles. The van der Waals surface area contributed by atoms with Crippen LogP contribution in [0.3, 0.4) is 0 Å². The monoisotopic (exact) mass is 262 g/mol. The molecule has 6 heteroatoms. The van der Waals surface area contributed by atoms with Crippen LogP contribution in [0.4, 0.5) is 11.4 Å². The third-order valence-electron chi connectivity index (χ3n) is 2.38. The maximum atomic E-state index is 11.9. The predicted molar refractivity (Wildman–Crippen MR) is 70.1 cm³/mol. The number of aryl methyl sites for hydroxylation is 1. The predicted octanol–water partition coefficient (Wildman–Crippen LogP) is 3.22. The van der Waals surface area contributed by atoms with Crippen LogP contribution in [0.5, 0.6) is 0 Å². The van der Waals surface area contributed by atoms with Crippen molar-refractivity contribution in [3.05, 3.63) is 56.3 Å². The summed E-state index contributed by atoms with van der Waals surface area (Å²) < 4.78 is 0. The van der Waals surface area contributed by atoms with Crippen LogP contribution in [-0.2, 0) is 0 Å². The lowest BCUT2D eigenvalue weighted by Gasteiger charge is -2.04. The van der Waals surface area contributed by atoms with E-state index in [9.17, 15) is 14.9 Å². The van der Waals surface area contributed by atoms with Gasteiger partial charge in [-0.05, 0) is 30.0 Å². The van der Waals surface area contributed by atoms with Crippen LogP contribution in [0.2, 0.25) is 0 Å². The number of anilines is 1. The van der Waals surface area contributed by atoms with E-state index in [2.05, 4.69) is 5.32 Å². The van der Waals surface area contributed by atoms with Crippen molar-refractivity contribution in [1.29, 1.82) is 0 Å². The topological polar surface area (TPSA) is 72.2 Å². The minimum atomic E-state index is -0.494. The standard InChI is InChI=1S/C12H10N2O3S/c1-8-5-6-18-11(8)12(15)13-9-3-2-4-10(7-9)14(16)17/h2-7H,1H3,(H,13,15). The van der Waals surface area contributed by atoms with E-state index in [0.29, 0.717) is 10.6 Å². The summed E-state index contributed by atoms with van der Waals surface area (Å²) in [4.78, 5) is 22.6. The second-order valence-electron chi connectivity index (χ2n) is 3.69. The summed E-state index contributed by atoms with van der Waals surface area (Å²) in [5.41, 5.74) is 1.26. The van der Waals surface area contributed by atoms with Crippen LogP contribution in [0, 0.1) is 17.0 Å². The molecule has 0 fully saturated rings. The molecular formula is C12H10N2O3S. The molecule has 0 unspecified atom stereocenters. The first-order chi connectivity index (χ1) is 8.58. The molecule has 1 amide bonds. The fourth-order valence-electron chi connectivity index (χ4n) is 1.49. The molecule has 2 aromatic rings. The lowest BCUT2D eigenvalue weighted by atomic mass is 10.2. The van der Waals surface area contributed by atoms with Gasteiger partial charge in [0.1, 0.15) is 0 Å². The van der Waals surface area contributed by atoms with Gasteiger partial charge in [0.2, 0.25) is 0 Å². The van der Waals surface area contributed by atoms with Gasteiger partial charge in [-0.25, -0.2) is 0 Å². The minimum Gasteiger partial charge on any atom is -0.321 e. The van der Waals surface area contributed by atoms with Gasteiger partial charge >= 0.3 is 0 Å². The largest absolute Gasteiger partial charge is 0.321 e. The molecule has 0 saturated heterocycles. The van der Waals surface area contributed by atoms with E-state index in [1.54, 1.807) is 6.07 Å². The SMILES string of the molecule is Cc1ccsc1C(=O)Nc1cccc([N+](=O)[O-])c1. The quantitative estimate of drug-likeness (QED) is 0.681. The molecule has 0 atom stereocenters. The average molecular weight is 262 g/mol. The van der Waals surface area contributed by atoms with Crippen molar-refractivity contribution in [2.75, 3.05) is 5.32 Å². The summed E-state index contributed by atoms with van der Waals surface area (Å²) in [6.07, 6.45) is 0. The van der Waals surface area contributed by atoms with E-state index < -0.39 is 4.92 Å². The Balaban J connectivity index is 2.20. The Labute approximate surface area is 107 Å². The number of thiophene rings is 1. The summed E-state index contributed by atoms with van der Waals surface area (Å²) in [6, 6.07) is 7.72. The van der Waals surface area contributed by atoms with Crippen molar-refractivity contribution in [2.24, 2.45) is 0 Å². The van der Waals surface area contributed by atoms with Crippen molar-refractivity contribution in [3.63, 3.8) is 0 Å². The molecule has 0 bridgehead atoms. The molecule has 1 aromatic carbocycles. The van der Waals surface area contributed by atoms with Crippen molar-refractivity contribution in [1.82, 2.24) is 0 Å². The first-order valence-corrected chi connectivity index (χ1v) is 6.06. The molecule has 5 nitrogen and oxygen atoms in total. The number of carbonyl (C=O) groups is 1. The smallest absolute Gasteiger partial charge is 0.271 e. The molecule has 1 N–H and O–H groups in total. The van der Waals surface area contributed by atoms with Crippen LogP contribution in [0.1, 0.15) is 15.2 Å². The number of benzene rings is 1. The summed E-state index contributed by atoms with van der Waals surface area (Å²) in [5.74, 6) is -0.247. The van der Waals surface area contributed by atoms with Crippen molar-refractivity contribution >= 4 is 28.6 Å². The number of nitro groups is 1. The van der Waals surface area contributed by atoms with Gasteiger partial charge < -0.3 is 5.32 Å². The normalized spacial score (nSPS) is 10.1. The molecule has 0 aliphatic rings. The van der Waals surface area contributed by atoms with Gasteiger partial charge in [0.25, 0.3) is 11.6 Å². The van der Waals surface area contributed by atoms with E-state index in [0.717, 1.165) is 5.56 Å². The van der Waals surface area contributed by atoms with Crippen molar-refractivity contribution < 1.29 is 9.72 Å². The summed E-state index contributed by atoms with van der Waals surface area (Å²) >= 11 is 1.34. The number of nitrogens with zero attached hydrogens (tertiary/aromatic N) is 1. The number of hydrogen-bond donors (Lipinski definition) is 1. The zero-order chi connectivity index (χ0) is 13.1. The fourth-order valence-corrected chi connectivity index (χ4v) is 2.31. The zero-order valence-electron chi connectivity index (χ0n) is 9.54. The van der Waals surface area contributed by atoms with Gasteiger partial charge in [0.05, 0.1) is 9.80 Å². The fraction of sp³-hybridized carbons (Fsp3) is 0.0833. The highest BCUT2D eigenvalue weighted by Crippen LogP contribution is 2.20. The maximum Gasteiger partial charge on any atom is 0.271 e. The zero-order valence-corrected chi connectivity index (χ0v) is 10.4. The van der Waals surface area contributed by atoms with Gasteiger partial charge in [-0.1, -0.05) is 6.07 Å². The lowest BCUT2D eigenvalue weighted by Crippen LogP contribution is -2.11. The van der Waals surface area contributed by atoms with E-state index in [-0.39, 0.29) is 11.6 Å². The van der Waals surface area contributed by atoms with Gasteiger partial charge in [-0.2, -0.15) is 0 Å². The first-order valence-electron chi connectivity index (χ1n) is 5.18. The summed E-state index contributed by atoms with van der Waals surface area (Å²) in [7, 11) is 0. The molecule has 0 aliphatic heterocycles. The molecule has 0 spiro atoms. The first kappa shape index (κ1) is 12.3. The number of nitro benzene ring substituents is 1. The van der Waals surface area contributed by atoms with Crippen LogP contribution in [0.25, 0.3) is 0 Å². The lowest BCUT2D eigenvalue weighted by molar-refractivity contribution is -0.384. The third-order valence-corrected chi connectivity index (χ3v) is 3.40.